The quantitative estimate of drug-likeness (QED) is 0.545. The lowest BCUT2D eigenvalue weighted by Gasteiger charge is -2.20. The van der Waals surface area contributed by atoms with E-state index in [1.54, 1.807) is 19.1 Å². The summed E-state index contributed by atoms with van der Waals surface area (Å²) in [6.07, 6.45) is 3.98. The van der Waals surface area contributed by atoms with Crippen LogP contribution in [0.5, 0.6) is 0 Å². The van der Waals surface area contributed by atoms with Gasteiger partial charge in [-0.3, -0.25) is 0 Å². The smallest absolute Gasteiger partial charge is 0.357 e. The number of oxime groups is 1. The number of nitrogens with zero attached hydrogens (tertiary/aromatic N) is 1. The Morgan fingerprint density at radius 2 is 2.38 bits per heavy atom. The van der Waals surface area contributed by atoms with Gasteiger partial charge < -0.3 is 9.57 Å². The molecule has 4 heteroatoms. The summed E-state index contributed by atoms with van der Waals surface area (Å²) in [6, 6.07) is 0. The average molecular weight is 225 g/mol. The molecule has 0 aromatic rings. The van der Waals surface area contributed by atoms with Crippen molar-refractivity contribution >= 4 is 11.7 Å². The number of hydrogen-bond donors (Lipinski definition) is 0. The van der Waals surface area contributed by atoms with Gasteiger partial charge in [0.2, 0.25) is 0 Å². The van der Waals surface area contributed by atoms with Gasteiger partial charge in [-0.25, -0.2) is 4.79 Å². The van der Waals surface area contributed by atoms with Crippen LogP contribution in [0.2, 0.25) is 0 Å². The molecule has 1 rings (SSSR count). The molecule has 0 saturated carbocycles. The topological polar surface area (TPSA) is 47.9 Å². The fourth-order valence-corrected chi connectivity index (χ4v) is 1.57. The first kappa shape index (κ1) is 12.7. The summed E-state index contributed by atoms with van der Waals surface area (Å²) in [5.41, 5.74) is -0.143. The predicted molar refractivity (Wildman–Crippen MR) is 62.2 cm³/mol. The second-order valence-electron chi connectivity index (χ2n) is 4.12. The second kappa shape index (κ2) is 5.14. The van der Waals surface area contributed by atoms with Crippen LogP contribution < -0.4 is 0 Å². The van der Waals surface area contributed by atoms with Gasteiger partial charge in [-0.15, -0.1) is 0 Å². The molecule has 1 unspecified atom stereocenters. The van der Waals surface area contributed by atoms with Gasteiger partial charge in [0.15, 0.2) is 0 Å². The zero-order valence-electron chi connectivity index (χ0n) is 10.3. The molecule has 0 aromatic carbocycles. The van der Waals surface area contributed by atoms with Crippen molar-refractivity contribution in [2.75, 3.05) is 6.61 Å². The maximum Gasteiger partial charge on any atom is 0.357 e. The van der Waals surface area contributed by atoms with E-state index < -0.39 is 5.60 Å². The minimum Gasteiger partial charge on any atom is -0.463 e. The van der Waals surface area contributed by atoms with Gasteiger partial charge >= 0.3 is 5.97 Å². The molecule has 0 bridgehead atoms. The third kappa shape index (κ3) is 2.43. The molecule has 4 nitrogen and oxygen atoms in total. The molecule has 1 aliphatic rings. The minimum absolute atomic E-state index is 0.279. The molecular formula is C12H19NO3. The van der Waals surface area contributed by atoms with Crippen LogP contribution in [0.1, 0.15) is 34.1 Å². The van der Waals surface area contributed by atoms with Gasteiger partial charge in [0.25, 0.3) is 5.60 Å². The molecule has 0 N–H and O–H groups in total. The van der Waals surface area contributed by atoms with E-state index in [1.165, 1.54) is 0 Å². The van der Waals surface area contributed by atoms with Gasteiger partial charge in [-0.1, -0.05) is 25.1 Å². The number of rotatable bonds is 4. The Labute approximate surface area is 96.3 Å². The molecule has 0 aliphatic carbocycles. The largest absolute Gasteiger partial charge is 0.463 e. The molecule has 1 aliphatic heterocycles. The second-order valence-corrected chi connectivity index (χ2v) is 4.12. The van der Waals surface area contributed by atoms with Crippen LogP contribution in [0, 0.1) is 5.92 Å². The standard InChI is InChI=1S/C12H19NO3/c1-5-7-12(11(14)15-6-2)8-10(9(3)4)13-16-12/h5,7,9H,6,8H2,1-4H3/b7-5+. The zero-order valence-corrected chi connectivity index (χ0v) is 10.3. The Morgan fingerprint density at radius 1 is 1.69 bits per heavy atom. The molecular weight excluding hydrogens is 206 g/mol. The Balaban J connectivity index is 2.83. The Bertz CT molecular complexity index is 320. The zero-order chi connectivity index (χ0) is 12.2. The third-order valence-corrected chi connectivity index (χ3v) is 2.49. The van der Waals surface area contributed by atoms with Crippen LogP contribution in [-0.2, 0) is 14.4 Å². The van der Waals surface area contributed by atoms with Gasteiger partial charge in [0.05, 0.1) is 12.3 Å². The maximum atomic E-state index is 11.9. The highest BCUT2D eigenvalue weighted by atomic mass is 16.7. The minimum atomic E-state index is -1.04. The number of carbonyl (C=O) groups is 1. The molecule has 90 valence electrons. The fourth-order valence-electron chi connectivity index (χ4n) is 1.57. The van der Waals surface area contributed by atoms with E-state index in [4.69, 9.17) is 9.57 Å². The molecule has 0 spiro atoms. The molecule has 0 aromatic heterocycles. The summed E-state index contributed by atoms with van der Waals surface area (Å²) < 4.78 is 5.02. The van der Waals surface area contributed by atoms with Gasteiger partial charge in [-0.05, 0) is 25.8 Å². The van der Waals surface area contributed by atoms with Crippen LogP contribution in [0.4, 0.5) is 0 Å². The third-order valence-electron chi connectivity index (χ3n) is 2.49. The summed E-state index contributed by atoms with van der Waals surface area (Å²) in [4.78, 5) is 17.1. The van der Waals surface area contributed by atoms with Crippen LogP contribution in [0.15, 0.2) is 17.3 Å². The monoisotopic (exact) mass is 225 g/mol. The molecule has 0 fully saturated rings. The van der Waals surface area contributed by atoms with E-state index in [0.717, 1.165) is 5.71 Å². The average Bonchev–Trinajstić information content (AvgIpc) is 2.64. The summed E-state index contributed by atoms with van der Waals surface area (Å²) >= 11 is 0. The van der Waals surface area contributed by atoms with Crippen molar-refractivity contribution in [1.29, 1.82) is 0 Å². The van der Waals surface area contributed by atoms with Crippen molar-refractivity contribution < 1.29 is 14.4 Å². The molecule has 1 heterocycles. The van der Waals surface area contributed by atoms with E-state index in [-0.39, 0.29) is 11.9 Å². The van der Waals surface area contributed by atoms with E-state index >= 15 is 0 Å². The SMILES string of the molecule is C/C=C/C1(C(=O)OCC)CC(C(C)C)=NO1. The highest BCUT2D eigenvalue weighted by Crippen LogP contribution is 2.29. The first-order valence-electron chi connectivity index (χ1n) is 5.61. The summed E-state index contributed by atoms with van der Waals surface area (Å²) in [7, 11) is 0. The summed E-state index contributed by atoms with van der Waals surface area (Å²) in [6.45, 7) is 8.02. The number of hydrogen-bond acceptors (Lipinski definition) is 4. The lowest BCUT2D eigenvalue weighted by molar-refractivity contribution is -0.163. The first-order valence-corrected chi connectivity index (χ1v) is 5.61. The van der Waals surface area contributed by atoms with Crippen LogP contribution >= 0.6 is 0 Å². The van der Waals surface area contributed by atoms with Crippen molar-refractivity contribution in [3.8, 4) is 0 Å². The van der Waals surface area contributed by atoms with Crippen LogP contribution in [-0.4, -0.2) is 23.9 Å². The van der Waals surface area contributed by atoms with Crippen molar-refractivity contribution in [2.45, 2.75) is 39.7 Å². The van der Waals surface area contributed by atoms with Crippen LogP contribution in [0.25, 0.3) is 0 Å². The molecule has 0 saturated heterocycles. The van der Waals surface area contributed by atoms with E-state index in [1.807, 2.05) is 20.8 Å². The predicted octanol–water partition coefficient (Wildman–Crippen LogP) is 2.30. The van der Waals surface area contributed by atoms with Gasteiger partial charge in [-0.2, -0.15) is 0 Å². The molecule has 0 amide bonds. The summed E-state index contributed by atoms with van der Waals surface area (Å²) in [5.74, 6) is -0.0888. The number of carbonyl (C=O) groups excluding carboxylic acids is 1. The fraction of sp³-hybridized carbons (Fsp3) is 0.667. The Hall–Kier alpha value is -1.32. The van der Waals surface area contributed by atoms with Crippen LogP contribution in [0.3, 0.4) is 0 Å². The van der Waals surface area contributed by atoms with E-state index in [0.29, 0.717) is 13.0 Å². The highest BCUT2D eigenvalue weighted by Gasteiger charge is 2.46. The van der Waals surface area contributed by atoms with Gasteiger partial charge in [0.1, 0.15) is 0 Å². The lowest BCUT2D eigenvalue weighted by atomic mass is 9.92. The Kier molecular flexibility index (Phi) is 4.10. The summed E-state index contributed by atoms with van der Waals surface area (Å²) in [5, 5.41) is 3.98. The van der Waals surface area contributed by atoms with E-state index in [2.05, 4.69) is 5.16 Å². The molecule has 16 heavy (non-hydrogen) atoms. The Morgan fingerprint density at radius 3 is 2.81 bits per heavy atom. The van der Waals surface area contributed by atoms with Crippen molar-refractivity contribution in [3.05, 3.63) is 12.2 Å². The number of esters is 1. The maximum absolute atomic E-state index is 11.9. The number of allylic oxidation sites excluding steroid dienone is 1. The normalized spacial score (nSPS) is 24.7. The highest BCUT2D eigenvalue weighted by molar-refractivity contribution is 5.96. The van der Waals surface area contributed by atoms with E-state index in [9.17, 15) is 4.79 Å². The van der Waals surface area contributed by atoms with Crippen molar-refractivity contribution in [3.63, 3.8) is 0 Å². The number of ether oxygens (including phenoxy) is 1. The van der Waals surface area contributed by atoms with Gasteiger partial charge in [0, 0.05) is 6.42 Å². The first-order chi connectivity index (χ1) is 7.55. The van der Waals surface area contributed by atoms with Crippen molar-refractivity contribution in [2.24, 2.45) is 11.1 Å². The lowest BCUT2D eigenvalue weighted by Crippen LogP contribution is -2.39. The molecule has 1 atom stereocenters. The molecule has 0 radical (unpaired) electrons. The van der Waals surface area contributed by atoms with Crippen molar-refractivity contribution in [1.82, 2.24) is 0 Å².